The van der Waals surface area contributed by atoms with Gasteiger partial charge in [-0.05, 0) is 47.8 Å². The third kappa shape index (κ3) is 2.39. The first-order chi connectivity index (χ1) is 10.8. The molecule has 5 nitrogen and oxygen atoms in total. The normalized spacial score (nSPS) is 36.8. The van der Waals surface area contributed by atoms with Gasteiger partial charge in [0, 0.05) is 6.54 Å². The first-order valence-electron chi connectivity index (χ1n) is 7.21. The van der Waals surface area contributed by atoms with E-state index in [1.807, 2.05) is 0 Å². The molecular formula is C14H17BrF2N4OS. The highest BCUT2D eigenvalue weighted by Crippen LogP contribution is 2.42. The predicted molar refractivity (Wildman–Crippen MR) is 89.1 cm³/mol. The molecule has 0 fully saturated rings. The molecule has 0 spiro atoms. The fourth-order valence-corrected chi connectivity index (χ4v) is 6.32. The molecule has 0 amide bonds. The van der Waals surface area contributed by atoms with Crippen LogP contribution in [-0.4, -0.2) is 38.7 Å². The molecule has 3 heterocycles. The molecule has 0 unspecified atom stereocenters. The molecule has 1 aromatic heterocycles. The minimum Gasteiger partial charge on any atom is -0.386 e. The number of hydrogen-bond acceptors (Lipinski definition) is 5. The van der Waals surface area contributed by atoms with Gasteiger partial charge in [-0.25, -0.2) is 22.3 Å². The standard InChI is InChI=1S/C14H17BrF2N4OS/c1-13-5-2-6-19-23(13,22)8-14(7-16,21-12(13)18)11-9(17)3-4-10(15)20-11/h3-4H,2,5-8H2,1H3,(H2,18,21)/t13-,14+,23-/m1/s1. The number of amidine groups is 1. The number of nitrogens with zero attached hydrogens (tertiary/aromatic N) is 3. The lowest BCUT2D eigenvalue weighted by molar-refractivity contribution is 0.316. The lowest BCUT2D eigenvalue weighted by atomic mass is 9.96. The molecular weight excluding hydrogens is 390 g/mol. The Bertz CT molecular complexity index is 808. The number of halogens is 3. The van der Waals surface area contributed by atoms with E-state index in [2.05, 4.69) is 30.3 Å². The van der Waals surface area contributed by atoms with E-state index in [1.165, 1.54) is 12.1 Å². The zero-order valence-corrected chi connectivity index (χ0v) is 15.0. The van der Waals surface area contributed by atoms with E-state index in [9.17, 15) is 13.0 Å². The van der Waals surface area contributed by atoms with Crippen molar-refractivity contribution in [3.8, 4) is 0 Å². The highest BCUT2D eigenvalue weighted by Gasteiger charge is 2.53. The Morgan fingerprint density at radius 2 is 2.22 bits per heavy atom. The molecule has 0 aromatic carbocycles. The van der Waals surface area contributed by atoms with Crippen LogP contribution < -0.4 is 5.73 Å². The zero-order chi connectivity index (χ0) is 16.9. The van der Waals surface area contributed by atoms with Gasteiger partial charge in [-0.1, -0.05) is 0 Å². The fraction of sp³-hybridized carbons (Fsp3) is 0.571. The average Bonchev–Trinajstić information content (AvgIpc) is 2.51. The quantitative estimate of drug-likeness (QED) is 0.766. The van der Waals surface area contributed by atoms with Gasteiger partial charge < -0.3 is 5.73 Å². The van der Waals surface area contributed by atoms with Crippen LogP contribution in [0.3, 0.4) is 0 Å². The number of fused-ring (bicyclic) bond motifs is 1. The van der Waals surface area contributed by atoms with Gasteiger partial charge in [0.05, 0.1) is 15.5 Å². The van der Waals surface area contributed by atoms with Crippen LogP contribution in [0.1, 0.15) is 25.5 Å². The summed E-state index contributed by atoms with van der Waals surface area (Å²) >= 11 is 3.15. The van der Waals surface area contributed by atoms with Crippen LogP contribution in [-0.2, 0) is 15.3 Å². The second-order valence-corrected chi connectivity index (χ2v) is 9.64. The molecule has 0 aliphatic carbocycles. The first kappa shape index (κ1) is 16.8. The topological polar surface area (TPSA) is 80.7 Å². The van der Waals surface area contributed by atoms with Crippen molar-refractivity contribution >= 4 is 31.5 Å². The highest BCUT2D eigenvalue weighted by atomic mass is 79.9. The molecule has 23 heavy (non-hydrogen) atoms. The van der Waals surface area contributed by atoms with E-state index in [4.69, 9.17) is 5.73 Å². The average molecular weight is 407 g/mol. The summed E-state index contributed by atoms with van der Waals surface area (Å²) in [5.74, 6) is -0.852. The Morgan fingerprint density at radius 3 is 2.91 bits per heavy atom. The SMILES string of the molecule is C[C@]12CCCN=[S@@]1(=O)C[C@@](CF)(c1nc(Br)ccc1F)N=C2N. The molecule has 2 aliphatic rings. The maximum Gasteiger partial charge on any atom is 0.148 e. The summed E-state index contributed by atoms with van der Waals surface area (Å²) in [5.41, 5.74) is 4.18. The van der Waals surface area contributed by atoms with Crippen molar-refractivity contribution in [3.63, 3.8) is 0 Å². The molecule has 0 radical (unpaired) electrons. The smallest absolute Gasteiger partial charge is 0.148 e. The van der Waals surface area contributed by atoms with Crippen LogP contribution >= 0.6 is 15.9 Å². The molecule has 2 aliphatic heterocycles. The molecule has 3 atom stereocenters. The van der Waals surface area contributed by atoms with Gasteiger partial charge in [-0.2, -0.15) is 0 Å². The van der Waals surface area contributed by atoms with Gasteiger partial charge in [0.15, 0.2) is 0 Å². The lowest BCUT2D eigenvalue weighted by Gasteiger charge is -2.44. The summed E-state index contributed by atoms with van der Waals surface area (Å²) in [6.45, 7) is 1.12. The van der Waals surface area contributed by atoms with E-state index >= 15 is 0 Å². The Labute approximate surface area is 142 Å². The lowest BCUT2D eigenvalue weighted by Crippen LogP contribution is -2.59. The van der Waals surface area contributed by atoms with Crippen molar-refractivity contribution in [3.05, 3.63) is 28.2 Å². The summed E-state index contributed by atoms with van der Waals surface area (Å²) in [7, 11) is -2.87. The zero-order valence-electron chi connectivity index (χ0n) is 12.6. The monoisotopic (exact) mass is 406 g/mol. The number of aliphatic imine (C=N–C) groups is 1. The maximum absolute atomic E-state index is 14.3. The van der Waals surface area contributed by atoms with Crippen LogP contribution in [0.15, 0.2) is 26.1 Å². The number of alkyl halides is 1. The van der Waals surface area contributed by atoms with Crippen molar-refractivity contribution in [1.29, 1.82) is 0 Å². The number of rotatable bonds is 2. The molecule has 3 rings (SSSR count). The Morgan fingerprint density at radius 1 is 1.48 bits per heavy atom. The van der Waals surface area contributed by atoms with Crippen molar-refractivity contribution in [2.45, 2.75) is 30.1 Å². The van der Waals surface area contributed by atoms with Gasteiger partial charge in [-0.3, -0.25) is 4.99 Å². The number of pyridine rings is 1. The second kappa shape index (κ2) is 5.47. The van der Waals surface area contributed by atoms with Gasteiger partial charge in [0.25, 0.3) is 0 Å². The van der Waals surface area contributed by atoms with Gasteiger partial charge in [-0.15, -0.1) is 0 Å². The molecule has 2 N–H and O–H groups in total. The van der Waals surface area contributed by atoms with Gasteiger partial charge in [0.2, 0.25) is 0 Å². The number of hydrogen-bond donors (Lipinski definition) is 1. The third-order valence-corrected chi connectivity index (χ3v) is 8.33. The van der Waals surface area contributed by atoms with Crippen molar-refractivity contribution in [2.24, 2.45) is 15.1 Å². The summed E-state index contributed by atoms with van der Waals surface area (Å²) in [5, 5.41) is 0. The molecule has 0 saturated heterocycles. The van der Waals surface area contributed by atoms with Crippen molar-refractivity contribution < 1.29 is 13.0 Å². The van der Waals surface area contributed by atoms with Crippen LogP contribution in [0.5, 0.6) is 0 Å². The third-order valence-electron chi connectivity index (χ3n) is 4.60. The van der Waals surface area contributed by atoms with Crippen LogP contribution in [0, 0.1) is 5.82 Å². The fourth-order valence-electron chi connectivity index (χ4n) is 3.13. The van der Waals surface area contributed by atoms with E-state index < -0.39 is 32.5 Å². The van der Waals surface area contributed by atoms with Crippen LogP contribution in [0.25, 0.3) is 0 Å². The Kier molecular flexibility index (Phi) is 3.99. The van der Waals surface area contributed by atoms with Gasteiger partial charge >= 0.3 is 0 Å². The maximum atomic E-state index is 14.3. The summed E-state index contributed by atoms with van der Waals surface area (Å²) < 4.78 is 45.4. The minimum atomic E-state index is -2.87. The second-order valence-electron chi connectivity index (χ2n) is 6.10. The predicted octanol–water partition coefficient (Wildman–Crippen LogP) is 2.54. The largest absolute Gasteiger partial charge is 0.386 e. The van der Waals surface area contributed by atoms with E-state index in [0.29, 0.717) is 17.6 Å². The Hall–Kier alpha value is -1.09. The van der Waals surface area contributed by atoms with Crippen LogP contribution in [0.4, 0.5) is 8.78 Å². The van der Waals surface area contributed by atoms with Crippen LogP contribution in [0.2, 0.25) is 0 Å². The Balaban J connectivity index is 2.26. The van der Waals surface area contributed by atoms with Crippen molar-refractivity contribution in [1.82, 2.24) is 4.98 Å². The number of nitrogens with two attached hydrogens (primary N) is 1. The number of aromatic nitrogens is 1. The highest BCUT2D eigenvalue weighted by molar-refractivity contribution is 9.10. The molecule has 0 saturated carbocycles. The van der Waals surface area contributed by atoms with Gasteiger partial charge in [0.1, 0.15) is 38.9 Å². The molecule has 1 aromatic rings. The van der Waals surface area contributed by atoms with E-state index in [1.54, 1.807) is 6.92 Å². The van der Waals surface area contributed by atoms with Crippen molar-refractivity contribution in [2.75, 3.05) is 19.0 Å². The molecule has 126 valence electrons. The van der Waals surface area contributed by atoms with E-state index in [0.717, 1.165) is 6.42 Å². The molecule has 9 heteroatoms. The first-order valence-corrected chi connectivity index (χ1v) is 9.69. The summed E-state index contributed by atoms with van der Waals surface area (Å²) in [4.78, 5) is 8.30. The summed E-state index contributed by atoms with van der Waals surface area (Å²) in [6, 6.07) is 2.59. The van der Waals surface area contributed by atoms with E-state index in [-0.39, 0.29) is 17.3 Å². The summed E-state index contributed by atoms with van der Waals surface area (Å²) in [6.07, 6.45) is 1.32. The molecule has 0 bridgehead atoms. The minimum absolute atomic E-state index is 0.0658.